The molecule has 1 saturated heterocycles. The van der Waals surface area contributed by atoms with E-state index in [1.165, 1.54) is 0 Å². The van der Waals surface area contributed by atoms with Gasteiger partial charge in [0.15, 0.2) is 17.5 Å². The average Bonchev–Trinajstić information content (AvgIpc) is 2.73. The predicted octanol–water partition coefficient (Wildman–Crippen LogP) is 3.49. The number of methoxy groups -OCH3 is 1. The van der Waals surface area contributed by atoms with Gasteiger partial charge in [0.25, 0.3) is 0 Å². The van der Waals surface area contributed by atoms with Crippen molar-refractivity contribution in [2.45, 2.75) is 40.2 Å². The number of hydrogen-bond donors (Lipinski definition) is 1. The second-order valence-electron chi connectivity index (χ2n) is 6.73. The molecule has 1 N–H and O–H groups in total. The maximum Gasteiger partial charge on any atom is 0.309 e. The minimum atomic E-state index is -0.0924. The first-order valence-corrected chi connectivity index (χ1v) is 10.6. The Labute approximate surface area is 178 Å². The lowest BCUT2D eigenvalue weighted by atomic mass is 9.97. The van der Waals surface area contributed by atoms with Gasteiger partial charge < -0.3 is 24.4 Å². The number of esters is 1. The molecule has 0 spiro atoms. The number of nitrogens with zero attached hydrogens (tertiary/aromatic N) is 2. The number of nitrogens with one attached hydrogen (secondary N) is 1. The highest BCUT2D eigenvalue weighted by molar-refractivity contribution is 6.32. The Hall–Kier alpha value is -2.15. The zero-order chi connectivity index (χ0) is 21.2. The van der Waals surface area contributed by atoms with Gasteiger partial charge in [0.05, 0.1) is 37.8 Å². The van der Waals surface area contributed by atoms with Gasteiger partial charge in [-0.2, -0.15) is 0 Å². The number of halogens is 1. The van der Waals surface area contributed by atoms with Crippen molar-refractivity contribution in [2.24, 2.45) is 10.9 Å². The summed E-state index contributed by atoms with van der Waals surface area (Å²) in [5.74, 6) is 1.87. The van der Waals surface area contributed by atoms with Crippen molar-refractivity contribution in [1.82, 2.24) is 10.2 Å². The average molecular weight is 426 g/mol. The highest BCUT2D eigenvalue weighted by atomic mass is 35.5. The zero-order valence-corrected chi connectivity index (χ0v) is 18.6. The Morgan fingerprint density at radius 2 is 1.97 bits per heavy atom. The third kappa shape index (κ3) is 6.42. The lowest BCUT2D eigenvalue weighted by Gasteiger charge is -2.33. The fourth-order valence-electron chi connectivity index (χ4n) is 3.33. The van der Waals surface area contributed by atoms with Gasteiger partial charge in [-0.3, -0.25) is 4.79 Å². The number of rotatable bonds is 8. The third-order valence-electron chi connectivity index (χ3n) is 4.74. The quantitative estimate of drug-likeness (QED) is 0.390. The summed E-state index contributed by atoms with van der Waals surface area (Å²) in [6.07, 6.45) is 1.54. The predicted molar refractivity (Wildman–Crippen MR) is 115 cm³/mol. The minimum Gasteiger partial charge on any atom is -0.493 e. The van der Waals surface area contributed by atoms with E-state index in [9.17, 15) is 4.79 Å². The number of benzene rings is 1. The minimum absolute atomic E-state index is 0.0248. The molecule has 2 rings (SSSR count). The molecule has 162 valence electrons. The summed E-state index contributed by atoms with van der Waals surface area (Å²) >= 11 is 6.37. The SMILES string of the molecule is CCNC(=NCc1cc(Cl)c(OCC)c(OC)c1)N1CCC(C(=O)OCC)CC1. The molecule has 1 heterocycles. The summed E-state index contributed by atoms with van der Waals surface area (Å²) in [5, 5.41) is 3.85. The molecule has 0 bridgehead atoms. The first-order valence-electron chi connectivity index (χ1n) is 10.2. The van der Waals surface area contributed by atoms with Crippen molar-refractivity contribution in [3.05, 3.63) is 22.7 Å². The van der Waals surface area contributed by atoms with E-state index in [0.717, 1.165) is 44.0 Å². The molecule has 0 saturated carbocycles. The van der Waals surface area contributed by atoms with Crippen LogP contribution in [0.5, 0.6) is 11.5 Å². The van der Waals surface area contributed by atoms with Crippen molar-refractivity contribution in [3.63, 3.8) is 0 Å². The first kappa shape index (κ1) is 23.1. The van der Waals surface area contributed by atoms with Crippen LogP contribution in [0.3, 0.4) is 0 Å². The van der Waals surface area contributed by atoms with Crippen molar-refractivity contribution in [3.8, 4) is 11.5 Å². The van der Waals surface area contributed by atoms with Gasteiger partial charge in [0.2, 0.25) is 0 Å². The molecule has 0 radical (unpaired) electrons. The van der Waals surface area contributed by atoms with E-state index in [0.29, 0.717) is 36.3 Å². The normalized spacial score (nSPS) is 15.2. The molecule has 0 aromatic heterocycles. The molecule has 1 aliphatic rings. The van der Waals surface area contributed by atoms with Crippen LogP contribution in [0.25, 0.3) is 0 Å². The number of likely N-dealkylation sites (tertiary alicyclic amines) is 1. The molecule has 8 heteroatoms. The highest BCUT2D eigenvalue weighted by Crippen LogP contribution is 2.36. The van der Waals surface area contributed by atoms with Crippen molar-refractivity contribution < 1.29 is 19.0 Å². The van der Waals surface area contributed by atoms with Crippen molar-refractivity contribution >= 4 is 23.5 Å². The Kier molecular flexibility index (Phi) is 9.38. The Balaban J connectivity index is 2.08. The lowest BCUT2D eigenvalue weighted by molar-refractivity contribution is -0.149. The Morgan fingerprint density at radius 3 is 2.55 bits per heavy atom. The standard InChI is InChI=1S/C21H32ClN3O4/c1-5-23-21(25-10-8-16(9-11-25)20(26)29-7-3)24-14-15-12-17(22)19(28-6-2)18(13-15)27-4/h12-13,16H,5-11,14H2,1-4H3,(H,23,24). The molecule has 1 fully saturated rings. The van der Waals surface area contributed by atoms with Crippen molar-refractivity contribution in [2.75, 3.05) is 40.0 Å². The van der Waals surface area contributed by atoms with Crippen LogP contribution in [0.4, 0.5) is 0 Å². The smallest absolute Gasteiger partial charge is 0.309 e. The van der Waals surface area contributed by atoms with Crippen LogP contribution in [0.15, 0.2) is 17.1 Å². The van der Waals surface area contributed by atoms with E-state index in [4.69, 9.17) is 30.8 Å². The molecule has 0 amide bonds. The van der Waals surface area contributed by atoms with Gasteiger partial charge in [-0.25, -0.2) is 4.99 Å². The second kappa shape index (κ2) is 11.8. The van der Waals surface area contributed by atoms with E-state index in [1.54, 1.807) is 7.11 Å². The molecular formula is C21H32ClN3O4. The second-order valence-corrected chi connectivity index (χ2v) is 7.13. The topological polar surface area (TPSA) is 72.4 Å². The van der Waals surface area contributed by atoms with Gasteiger partial charge in [-0.05, 0) is 51.3 Å². The zero-order valence-electron chi connectivity index (χ0n) is 17.8. The maximum atomic E-state index is 12.0. The van der Waals surface area contributed by atoms with Crippen LogP contribution >= 0.6 is 11.6 Å². The van der Waals surface area contributed by atoms with E-state index >= 15 is 0 Å². The molecule has 1 aliphatic heterocycles. The first-order chi connectivity index (χ1) is 14.0. The summed E-state index contributed by atoms with van der Waals surface area (Å²) in [7, 11) is 1.60. The van der Waals surface area contributed by atoms with Gasteiger partial charge in [0.1, 0.15) is 0 Å². The molecular weight excluding hydrogens is 394 g/mol. The maximum absolute atomic E-state index is 12.0. The number of guanidine groups is 1. The largest absolute Gasteiger partial charge is 0.493 e. The molecule has 0 unspecified atom stereocenters. The summed E-state index contributed by atoms with van der Waals surface area (Å²) in [4.78, 5) is 18.9. The number of carbonyl (C=O) groups is 1. The van der Waals surface area contributed by atoms with Crippen LogP contribution < -0.4 is 14.8 Å². The molecule has 1 aromatic rings. The van der Waals surface area contributed by atoms with E-state index in [-0.39, 0.29) is 11.9 Å². The molecule has 1 aromatic carbocycles. The molecule has 0 aliphatic carbocycles. The number of hydrogen-bond acceptors (Lipinski definition) is 5. The van der Waals surface area contributed by atoms with Crippen LogP contribution in [0, 0.1) is 5.92 Å². The lowest BCUT2D eigenvalue weighted by Crippen LogP contribution is -2.46. The summed E-state index contributed by atoms with van der Waals surface area (Å²) < 4.78 is 16.1. The monoisotopic (exact) mass is 425 g/mol. The van der Waals surface area contributed by atoms with E-state index in [2.05, 4.69) is 10.2 Å². The Bertz CT molecular complexity index is 703. The summed E-state index contributed by atoms with van der Waals surface area (Å²) in [6.45, 7) is 9.49. The molecule has 7 nitrogen and oxygen atoms in total. The number of ether oxygens (including phenoxy) is 3. The van der Waals surface area contributed by atoms with Crippen LogP contribution in [0.2, 0.25) is 5.02 Å². The van der Waals surface area contributed by atoms with Gasteiger partial charge >= 0.3 is 5.97 Å². The van der Waals surface area contributed by atoms with Crippen LogP contribution in [-0.2, 0) is 16.1 Å². The number of piperidine rings is 1. The summed E-state index contributed by atoms with van der Waals surface area (Å²) in [5.41, 5.74) is 0.937. The number of aliphatic imine (C=N–C) groups is 1. The highest BCUT2D eigenvalue weighted by Gasteiger charge is 2.27. The fraction of sp³-hybridized carbons (Fsp3) is 0.619. The van der Waals surface area contributed by atoms with E-state index < -0.39 is 0 Å². The fourth-order valence-corrected chi connectivity index (χ4v) is 3.62. The van der Waals surface area contributed by atoms with Crippen molar-refractivity contribution in [1.29, 1.82) is 0 Å². The third-order valence-corrected chi connectivity index (χ3v) is 5.02. The van der Waals surface area contributed by atoms with Crippen LogP contribution in [0.1, 0.15) is 39.2 Å². The van der Waals surface area contributed by atoms with Crippen LogP contribution in [-0.4, -0.2) is 56.8 Å². The Morgan fingerprint density at radius 1 is 1.24 bits per heavy atom. The number of carbonyl (C=O) groups excluding carboxylic acids is 1. The van der Waals surface area contributed by atoms with Gasteiger partial charge in [0, 0.05) is 19.6 Å². The van der Waals surface area contributed by atoms with E-state index in [1.807, 2.05) is 32.9 Å². The summed E-state index contributed by atoms with van der Waals surface area (Å²) in [6, 6.07) is 3.76. The van der Waals surface area contributed by atoms with Gasteiger partial charge in [-0.1, -0.05) is 11.6 Å². The molecule has 29 heavy (non-hydrogen) atoms. The van der Waals surface area contributed by atoms with Gasteiger partial charge in [-0.15, -0.1) is 0 Å². The molecule has 0 atom stereocenters.